The van der Waals surface area contributed by atoms with Gasteiger partial charge >= 0.3 is 0 Å². The van der Waals surface area contributed by atoms with E-state index in [2.05, 4.69) is 18.4 Å². The molecule has 0 aliphatic rings. The molecule has 0 bridgehead atoms. The van der Waals surface area contributed by atoms with E-state index in [1.54, 1.807) is 6.08 Å². The largest absolute Gasteiger partial charge is 0.113 e. The van der Waals surface area contributed by atoms with Crippen LogP contribution in [-0.2, 0) is 0 Å². The van der Waals surface area contributed by atoms with Crippen LogP contribution in [0.15, 0.2) is 12.7 Å². The third-order valence-electron chi connectivity index (χ3n) is 0.514. The minimum atomic E-state index is -0.256. The Morgan fingerprint density at radius 3 is 2.75 bits per heavy atom. The Labute approximate surface area is 59.5 Å². The zero-order chi connectivity index (χ0) is 6.41. The number of allylic oxidation sites excluding steroid dienone is 1. The van der Waals surface area contributed by atoms with E-state index in [1.807, 2.05) is 0 Å². The summed E-state index contributed by atoms with van der Waals surface area (Å²) in [6, 6.07) is 0. The van der Waals surface area contributed by atoms with Crippen LogP contribution in [0.4, 0.5) is 0 Å². The molecule has 0 aliphatic carbocycles. The summed E-state index contributed by atoms with van der Waals surface area (Å²) in [7, 11) is 0. The smallest absolute Gasteiger partial charge is 0.112 e. The van der Waals surface area contributed by atoms with Crippen LogP contribution < -0.4 is 0 Å². The van der Waals surface area contributed by atoms with E-state index < -0.39 is 0 Å². The predicted octanol–water partition coefficient (Wildman–Crippen LogP) is 2.02. The lowest BCUT2D eigenvalue weighted by atomic mass is 10.4. The molecule has 0 radical (unpaired) electrons. The minimum Gasteiger partial charge on any atom is -0.113 e. The molecule has 0 aromatic heterocycles. The van der Waals surface area contributed by atoms with Crippen molar-refractivity contribution < 1.29 is 0 Å². The highest BCUT2D eigenvalue weighted by Gasteiger charge is 1.85. The van der Waals surface area contributed by atoms with Crippen LogP contribution in [0.3, 0.4) is 0 Å². The Hall–Kier alpha value is -0.120. The van der Waals surface area contributed by atoms with E-state index in [1.165, 1.54) is 0 Å². The van der Waals surface area contributed by atoms with Gasteiger partial charge in [0.25, 0.3) is 0 Å². The number of hydrogen-bond donors (Lipinski definition) is 0. The second-order valence-corrected chi connectivity index (χ2v) is 1.83. The van der Waals surface area contributed by atoms with E-state index in [4.69, 9.17) is 23.2 Å². The van der Waals surface area contributed by atoms with E-state index in [9.17, 15) is 0 Å². The average Bonchev–Trinajstić information content (AvgIpc) is 1.83. The Morgan fingerprint density at radius 2 is 2.38 bits per heavy atom. The van der Waals surface area contributed by atoms with Gasteiger partial charge < -0.3 is 0 Å². The molecule has 0 rings (SSSR count). The third kappa shape index (κ3) is 4.05. The zero-order valence-electron chi connectivity index (χ0n) is 4.32. The van der Waals surface area contributed by atoms with Crippen molar-refractivity contribution in [1.82, 2.24) is 0 Å². The lowest BCUT2D eigenvalue weighted by Gasteiger charge is -1.84. The molecule has 0 amide bonds. The van der Waals surface area contributed by atoms with Crippen LogP contribution in [0.1, 0.15) is 0 Å². The van der Waals surface area contributed by atoms with Gasteiger partial charge in [-0.15, -0.1) is 29.8 Å². The molecule has 0 aliphatic heterocycles. The molecule has 0 saturated heterocycles. The summed E-state index contributed by atoms with van der Waals surface area (Å²) < 4.78 is 0. The van der Waals surface area contributed by atoms with E-state index in [-0.39, 0.29) is 5.38 Å². The van der Waals surface area contributed by atoms with Crippen molar-refractivity contribution in [2.24, 2.45) is 0 Å². The van der Waals surface area contributed by atoms with E-state index >= 15 is 0 Å². The van der Waals surface area contributed by atoms with Gasteiger partial charge in [-0.05, 0) is 0 Å². The Balaban J connectivity index is 3.50. The molecule has 0 spiro atoms. The molecule has 44 valence electrons. The highest BCUT2D eigenvalue weighted by molar-refractivity contribution is 6.24. The van der Waals surface area contributed by atoms with Crippen molar-refractivity contribution in [2.75, 3.05) is 5.88 Å². The number of halogens is 2. The van der Waals surface area contributed by atoms with Crippen molar-refractivity contribution in [3.63, 3.8) is 0 Å². The fourth-order valence-electron chi connectivity index (χ4n) is 0.195. The van der Waals surface area contributed by atoms with Gasteiger partial charge in [-0.3, -0.25) is 0 Å². The lowest BCUT2D eigenvalue weighted by molar-refractivity contribution is 1.48. The molecule has 0 N–H and O–H groups in total. The zero-order valence-corrected chi connectivity index (χ0v) is 5.84. The van der Waals surface area contributed by atoms with Gasteiger partial charge in [0.2, 0.25) is 0 Å². The fourth-order valence-corrected chi connectivity index (χ4v) is 0.349. The first-order valence-corrected chi connectivity index (χ1v) is 3.09. The standard InChI is InChI=1S/C6H6Cl2/c1-2-6(8)4-3-5-7/h2,6H,1,5H2. The maximum absolute atomic E-state index is 5.49. The maximum atomic E-state index is 5.49. The third-order valence-corrected chi connectivity index (χ3v) is 0.935. The van der Waals surface area contributed by atoms with Crippen LogP contribution in [-0.4, -0.2) is 11.3 Å². The normalized spacial score (nSPS) is 11.2. The molecular weight excluding hydrogens is 143 g/mol. The highest BCUT2D eigenvalue weighted by Crippen LogP contribution is 1.91. The molecule has 0 nitrogen and oxygen atoms in total. The first kappa shape index (κ1) is 7.88. The topological polar surface area (TPSA) is 0 Å². The molecule has 0 aromatic carbocycles. The fraction of sp³-hybridized carbons (Fsp3) is 0.333. The van der Waals surface area contributed by atoms with Crippen LogP contribution in [0.25, 0.3) is 0 Å². The lowest BCUT2D eigenvalue weighted by Crippen LogP contribution is -1.84. The maximum Gasteiger partial charge on any atom is 0.112 e. The molecule has 1 unspecified atom stereocenters. The Bertz CT molecular complexity index is 118. The van der Waals surface area contributed by atoms with Gasteiger partial charge in [0.05, 0.1) is 5.88 Å². The number of hydrogen-bond acceptors (Lipinski definition) is 0. The number of rotatable bonds is 1. The van der Waals surface area contributed by atoms with Gasteiger partial charge in [0.15, 0.2) is 0 Å². The summed E-state index contributed by atoms with van der Waals surface area (Å²) in [5, 5.41) is -0.256. The van der Waals surface area contributed by atoms with Gasteiger partial charge in [-0.1, -0.05) is 17.9 Å². The van der Waals surface area contributed by atoms with Crippen LogP contribution in [0.5, 0.6) is 0 Å². The molecule has 1 atom stereocenters. The molecule has 2 heteroatoms. The highest BCUT2D eigenvalue weighted by atomic mass is 35.5. The molecule has 0 saturated carbocycles. The van der Waals surface area contributed by atoms with Crippen LogP contribution >= 0.6 is 23.2 Å². The summed E-state index contributed by atoms with van der Waals surface area (Å²) in [4.78, 5) is 0. The molecular formula is C6H6Cl2. The SMILES string of the molecule is C=CC(Cl)C#CCCl. The van der Waals surface area contributed by atoms with Gasteiger partial charge in [0.1, 0.15) is 5.38 Å². The summed E-state index contributed by atoms with van der Waals surface area (Å²) >= 11 is 10.7. The average molecular weight is 149 g/mol. The summed E-state index contributed by atoms with van der Waals surface area (Å²) in [5.74, 6) is 5.59. The second-order valence-electron chi connectivity index (χ2n) is 1.09. The summed E-state index contributed by atoms with van der Waals surface area (Å²) in [5.41, 5.74) is 0. The monoisotopic (exact) mass is 148 g/mol. The van der Waals surface area contributed by atoms with Gasteiger partial charge in [-0.2, -0.15) is 0 Å². The van der Waals surface area contributed by atoms with Gasteiger partial charge in [-0.25, -0.2) is 0 Å². The molecule has 0 aromatic rings. The van der Waals surface area contributed by atoms with Crippen molar-refractivity contribution in [3.8, 4) is 11.8 Å². The van der Waals surface area contributed by atoms with Crippen molar-refractivity contribution >= 4 is 23.2 Å². The quantitative estimate of drug-likeness (QED) is 0.304. The van der Waals surface area contributed by atoms with E-state index in [0.29, 0.717) is 5.88 Å². The van der Waals surface area contributed by atoms with E-state index in [0.717, 1.165) is 0 Å². The second kappa shape index (κ2) is 5.03. The molecule has 0 heterocycles. The van der Waals surface area contributed by atoms with Crippen molar-refractivity contribution in [1.29, 1.82) is 0 Å². The first-order chi connectivity index (χ1) is 3.81. The van der Waals surface area contributed by atoms with Crippen molar-refractivity contribution in [3.05, 3.63) is 12.7 Å². The molecule has 0 fully saturated rings. The summed E-state index contributed by atoms with van der Waals surface area (Å²) in [6.45, 7) is 3.44. The number of alkyl halides is 2. The minimum absolute atomic E-state index is 0.256. The molecule has 8 heavy (non-hydrogen) atoms. The first-order valence-electron chi connectivity index (χ1n) is 2.12. The van der Waals surface area contributed by atoms with Gasteiger partial charge in [0, 0.05) is 0 Å². The van der Waals surface area contributed by atoms with Crippen molar-refractivity contribution in [2.45, 2.75) is 5.38 Å². The Kier molecular flexibility index (Phi) is 4.95. The Morgan fingerprint density at radius 1 is 1.75 bits per heavy atom. The predicted molar refractivity (Wildman–Crippen MR) is 38.3 cm³/mol. The van der Waals surface area contributed by atoms with Crippen LogP contribution in [0, 0.1) is 11.8 Å². The summed E-state index contributed by atoms with van der Waals surface area (Å²) in [6.07, 6.45) is 1.56. The van der Waals surface area contributed by atoms with Crippen LogP contribution in [0.2, 0.25) is 0 Å².